The predicted octanol–water partition coefficient (Wildman–Crippen LogP) is 0.521. The van der Waals surface area contributed by atoms with E-state index in [1.54, 1.807) is 0 Å². The van der Waals surface area contributed by atoms with Crippen LogP contribution in [0.3, 0.4) is 0 Å². The van der Waals surface area contributed by atoms with Crippen molar-refractivity contribution in [2.75, 3.05) is 26.3 Å². The van der Waals surface area contributed by atoms with Crippen LogP contribution in [0, 0.1) is 0 Å². The molecule has 0 amide bonds. The van der Waals surface area contributed by atoms with Gasteiger partial charge in [0, 0.05) is 13.1 Å². The molecule has 0 saturated carbocycles. The average Bonchev–Trinajstić information content (AvgIpc) is 2.66. The number of morpholine rings is 1. The van der Waals surface area contributed by atoms with Gasteiger partial charge in [-0.15, -0.1) is 0 Å². The van der Waals surface area contributed by atoms with Crippen LogP contribution in [0.2, 0.25) is 5.15 Å². The molecule has 1 aliphatic heterocycles. The summed E-state index contributed by atoms with van der Waals surface area (Å²) in [4.78, 5) is 19.7. The van der Waals surface area contributed by atoms with Gasteiger partial charge in [-0.3, -0.25) is 9.69 Å². The van der Waals surface area contributed by atoms with E-state index < -0.39 is 12.0 Å². The Morgan fingerprint density at radius 2 is 2.31 bits per heavy atom. The van der Waals surface area contributed by atoms with Crippen molar-refractivity contribution in [3.63, 3.8) is 0 Å². The van der Waals surface area contributed by atoms with Crippen LogP contribution in [0.5, 0.6) is 0 Å². The quantitative estimate of drug-likeness (QED) is 0.812. The maximum absolute atomic E-state index is 11.3. The third-order valence-electron chi connectivity index (χ3n) is 2.54. The van der Waals surface area contributed by atoms with Crippen molar-refractivity contribution in [3.05, 3.63) is 17.2 Å². The summed E-state index contributed by atoms with van der Waals surface area (Å²) in [5.74, 6) is -0.937. The molecular weight excluding hydrogens is 234 g/mol. The van der Waals surface area contributed by atoms with Crippen LogP contribution in [0.1, 0.15) is 11.7 Å². The summed E-state index contributed by atoms with van der Waals surface area (Å²) in [5.41, 5.74) is 0.427. The highest BCUT2D eigenvalue weighted by atomic mass is 35.5. The number of ether oxygens (including phenoxy) is 1. The van der Waals surface area contributed by atoms with Crippen molar-refractivity contribution in [1.29, 1.82) is 0 Å². The smallest absolute Gasteiger partial charge is 0.327 e. The van der Waals surface area contributed by atoms with E-state index in [4.69, 9.17) is 16.3 Å². The van der Waals surface area contributed by atoms with Gasteiger partial charge in [0.25, 0.3) is 0 Å². The Kier molecular flexibility index (Phi) is 3.42. The first-order chi connectivity index (χ1) is 7.70. The fourth-order valence-electron chi connectivity index (χ4n) is 1.78. The van der Waals surface area contributed by atoms with Crippen LogP contribution in [0.15, 0.2) is 6.33 Å². The Labute approximate surface area is 97.2 Å². The van der Waals surface area contributed by atoms with Crippen molar-refractivity contribution < 1.29 is 14.6 Å². The Morgan fingerprint density at radius 3 is 2.81 bits per heavy atom. The number of carboxylic acids is 1. The van der Waals surface area contributed by atoms with Crippen LogP contribution in [0.4, 0.5) is 0 Å². The molecule has 0 spiro atoms. The van der Waals surface area contributed by atoms with E-state index in [2.05, 4.69) is 9.97 Å². The van der Waals surface area contributed by atoms with Gasteiger partial charge in [-0.25, -0.2) is 4.98 Å². The topological polar surface area (TPSA) is 78.4 Å². The maximum Gasteiger partial charge on any atom is 0.327 e. The van der Waals surface area contributed by atoms with Crippen LogP contribution in [0.25, 0.3) is 0 Å². The molecule has 7 heteroatoms. The number of nitrogens with one attached hydrogen (secondary N) is 1. The minimum absolute atomic E-state index is 0.207. The molecule has 1 fully saturated rings. The van der Waals surface area contributed by atoms with Gasteiger partial charge in [-0.1, -0.05) is 11.6 Å². The minimum atomic E-state index is -0.937. The van der Waals surface area contributed by atoms with Gasteiger partial charge in [0.1, 0.15) is 0 Å². The summed E-state index contributed by atoms with van der Waals surface area (Å²) in [5, 5.41) is 9.44. The number of hydrogen-bond acceptors (Lipinski definition) is 4. The summed E-state index contributed by atoms with van der Waals surface area (Å²) in [6.45, 7) is 2.23. The molecular formula is C9H12ClN3O3. The van der Waals surface area contributed by atoms with Crippen LogP contribution in [-0.4, -0.2) is 52.2 Å². The summed E-state index contributed by atoms with van der Waals surface area (Å²) >= 11 is 5.83. The zero-order valence-electron chi connectivity index (χ0n) is 8.52. The summed E-state index contributed by atoms with van der Waals surface area (Å²) < 4.78 is 5.18. The molecule has 16 heavy (non-hydrogen) atoms. The summed E-state index contributed by atoms with van der Waals surface area (Å²) in [6.07, 6.45) is 1.40. The van der Waals surface area contributed by atoms with E-state index in [9.17, 15) is 9.90 Å². The van der Waals surface area contributed by atoms with Gasteiger partial charge in [-0.2, -0.15) is 0 Å². The van der Waals surface area contributed by atoms with Gasteiger partial charge < -0.3 is 14.8 Å². The second kappa shape index (κ2) is 4.82. The molecule has 1 aromatic heterocycles. The number of halogens is 1. The van der Waals surface area contributed by atoms with Crippen molar-refractivity contribution in [1.82, 2.24) is 14.9 Å². The Hall–Kier alpha value is -1.11. The molecule has 1 aliphatic rings. The largest absolute Gasteiger partial charge is 0.480 e. The Morgan fingerprint density at radius 1 is 1.62 bits per heavy atom. The lowest BCUT2D eigenvalue weighted by Crippen LogP contribution is -2.42. The second-order valence-electron chi connectivity index (χ2n) is 3.50. The van der Waals surface area contributed by atoms with Crippen LogP contribution >= 0.6 is 11.6 Å². The lowest BCUT2D eigenvalue weighted by atomic mass is 10.2. The van der Waals surface area contributed by atoms with E-state index in [1.807, 2.05) is 4.90 Å². The molecule has 1 aromatic rings. The lowest BCUT2D eigenvalue weighted by Gasteiger charge is -2.31. The maximum atomic E-state index is 11.3. The van der Waals surface area contributed by atoms with Crippen molar-refractivity contribution >= 4 is 17.6 Å². The molecule has 2 rings (SSSR count). The highest BCUT2D eigenvalue weighted by molar-refractivity contribution is 6.30. The molecule has 0 aromatic carbocycles. The molecule has 0 bridgehead atoms. The summed E-state index contributed by atoms with van der Waals surface area (Å²) in [7, 11) is 0. The first-order valence-corrected chi connectivity index (χ1v) is 5.31. The fraction of sp³-hybridized carbons (Fsp3) is 0.556. The molecule has 1 unspecified atom stereocenters. The van der Waals surface area contributed by atoms with Crippen molar-refractivity contribution in [2.24, 2.45) is 0 Å². The molecule has 0 radical (unpaired) electrons. The van der Waals surface area contributed by atoms with E-state index in [0.717, 1.165) is 0 Å². The number of carboxylic acid groups (broad SMARTS) is 1. The third-order valence-corrected chi connectivity index (χ3v) is 2.84. The molecule has 2 heterocycles. The van der Waals surface area contributed by atoms with Gasteiger partial charge in [-0.05, 0) is 0 Å². The third kappa shape index (κ3) is 2.18. The monoisotopic (exact) mass is 245 g/mol. The molecule has 1 saturated heterocycles. The minimum Gasteiger partial charge on any atom is -0.480 e. The number of imidazole rings is 1. The molecule has 6 nitrogen and oxygen atoms in total. The van der Waals surface area contributed by atoms with E-state index in [-0.39, 0.29) is 5.15 Å². The van der Waals surface area contributed by atoms with E-state index in [0.29, 0.717) is 32.0 Å². The first-order valence-electron chi connectivity index (χ1n) is 4.93. The number of aliphatic carboxylic acids is 1. The van der Waals surface area contributed by atoms with Crippen LogP contribution in [-0.2, 0) is 9.53 Å². The van der Waals surface area contributed by atoms with Gasteiger partial charge in [0.2, 0.25) is 0 Å². The number of H-pyrrole nitrogens is 1. The molecule has 2 N–H and O–H groups in total. The fourth-order valence-corrected chi connectivity index (χ4v) is 1.98. The number of hydrogen-bond donors (Lipinski definition) is 2. The van der Waals surface area contributed by atoms with E-state index in [1.165, 1.54) is 6.33 Å². The van der Waals surface area contributed by atoms with Crippen molar-refractivity contribution in [2.45, 2.75) is 6.04 Å². The Bertz CT molecular complexity index is 376. The van der Waals surface area contributed by atoms with Gasteiger partial charge in [0.05, 0.1) is 25.2 Å². The standard InChI is InChI=1S/C9H12ClN3O3/c10-8-6(11-5-12-8)7(9(14)15)13-1-3-16-4-2-13/h5,7H,1-4H2,(H,11,12)(H,14,15). The van der Waals surface area contributed by atoms with Gasteiger partial charge in [0.15, 0.2) is 11.2 Å². The molecule has 0 aliphatic carbocycles. The lowest BCUT2D eigenvalue weighted by molar-refractivity contribution is -0.145. The number of nitrogens with zero attached hydrogens (tertiary/aromatic N) is 2. The normalized spacial score (nSPS) is 19.6. The highest BCUT2D eigenvalue weighted by Gasteiger charge is 2.31. The van der Waals surface area contributed by atoms with Crippen LogP contribution < -0.4 is 0 Å². The highest BCUT2D eigenvalue weighted by Crippen LogP contribution is 2.25. The predicted molar refractivity (Wildman–Crippen MR) is 56.4 cm³/mol. The zero-order chi connectivity index (χ0) is 11.5. The SMILES string of the molecule is O=C(O)C(c1[nH]cnc1Cl)N1CCOCC1. The van der Waals surface area contributed by atoms with Gasteiger partial charge >= 0.3 is 5.97 Å². The average molecular weight is 246 g/mol. The molecule has 1 atom stereocenters. The number of carbonyl (C=O) groups is 1. The number of rotatable bonds is 3. The second-order valence-corrected chi connectivity index (χ2v) is 3.85. The summed E-state index contributed by atoms with van der Waals surface area (Å²) in [6, 6.07) is -0.779. The first kappa shape index (κ1) is 11.4. The van der Waals surface area contributed by atoms with E-state index >= 15 is 0 Å². The number of aromatic nitrogens is 2. The Balaban J connectivity index is 2.23. The van der Waals surface area contributed by atoms with Crippen molar-refractivity contribution in [3.8, 4) is 0 Å². The number of aromatic amines is 1. The zero-order valence-corrected chi connectivity index (χ0v) is 9.28. The molecule has 88 valence electrons.